The summed E-state index contributed by atoms with van der Waals surface area (Å²) >= 11 is 0. The van der Waals surface area contributed by atoms with Gasteiger partial charge in [0.1, 0.15) is 0 Å². The average Bonchev–Trinajstić information content (AvgIpc) is 2.36. The van der Waals surface area contributed by atoms with Crippen LogP contribution >= 0.6 is 0 Å². The van der Waals surface area contributed by atoms with Gasteiger partial charge >= 0.3 is 6.01 Å². The molecule has 1 heterocycles. The number of nitrogens with one attached hydrogen (secondary N) is 1. The molecule has 8 nitrogen and oxygen atoms in total. The number of aromatic nitrogens is 3. The molecule has 1 unspecified atom stereocenters. The van der Waals surface area contributed by atoms with Gasteiger partial charge in [-0.1, -0.05) is 6.92 Å². The number of aliphatic hydroxyl groups excluding tert-OH is 1. The summed E-state index contributed by atoms with van der Waals surface area (Å²) in [5.74, 6) is 0.435. The minimum Gasteiger partial charge on any atom is -0.463 e. The molecule has 8 heteroatoms. The zero-order chi connectivity index (χ0) is 14.1. The van der Waals surface area contributed by atoms with Crippen molar-refractivity contribution in [3.05, 3.63) is 0 Å². The summed E-state index contributed by atoms with van der Waals surface area (Å²) < 4.78 is 10.1. The lowest BCUT2D eigenvalue weighted by Crippen LogP contribution is -2.19. The number of rotatable bonds is 9. The van der Waals surface area contributed by atoms with Crippen molar-refractivity contribution < 1.29 is 14.6 Å². The first-order valence-corrected chi connectivity index (χ1v) is 6.21. The smallest absolute Gasteiger partial charge is 0.323 e. The molecule has 0 bridgehead atoms. The topological polar surface area (TPSA) is 115 Å². The maximum Gasteiger partial charge on any atom is 0.323 e. The Hall–Kier alpha value is -1.67. The number of aliphatic hydroxyl groups is 1. The summed E-state index contributed by atoms with van der Waals surface area (Å²) in [6.07, 6.45) is 0.856. The predicted molar refractivity (Wildman–Crippen MR) is 71.0 cm³/mol. The molecule has 4 N–H and O–H groups in total. The molecule has 0 aliphatic rings. The van der Waals surface area contributed by atoms with Gasteiger partial charge in [0.25, 0.3) is 0 Å². The molecule has 0 fully saturated rings. The third-order valence-electron chi connectivity index (χ3n) is 2.19. The molecule has 0 saturated carbocycles. The number of nitrogen functional groups attached to an aromatic ring is 1. The van der Waals surface area contributed by atoms with E-state index >= 15 is 0 Å². The molecule has 0 aliphatic heterocycles. The van der Waals surface area contributed by atoms with Crippen molar-refractivity contribution in [2.24, 2.45) is 0 Å². The van der Waals surface area contributed by atoms with Crippen molar-refractivity contribution >= 4 is 11.9 Å². The molecular weight excluding hydrogens is 250 g/mol. The zero-order valence-electron chi connectivity index (χ0n) is 11.3. The molecule has 108 valence electrons. The van der Waals surface area contributed by atoms with Crippen molar-refractivity contribution in [3.63, 3.8) is 0 Å². The number of ether oxygens (including phenoxy) is 2. The van der Waals surface area contributed by atoms with Crippen LogP contribution in [-0.4, -0.2) is 53.0 Å². The summed E-state index contributed by atoms with van der Waals surface area (Å²) in [5, 5.41) is 12.4. The summed E-state index contributed by atoms with van der Waals surface area (Å²) in [5.41, 5.74) is 5.56. The highest BCUT2D eigenvalue weighted by Crippen LogP contribution is 2.09. The summed E-state index contributed by atoms with van der Waals surface area (Å²) in [6, 6.07) is 0.203. The van der Waals surface area contributed by atoms with Crippen LogP contribution in [-0.2, 0) is 4.74 Å². The van der Waals surface area contributed by atoms with Crippen LogP contribution in [0, 0.1) is 0 Å². The first-order valence-electron chi connectivity index (χ1n) is 6.21. The lowest BCUT2D eigenvalue weighted by atomic mass is 10.3. The second-order valence-corrected chi connectivity index (χ2v) is 3.97. The second-order valence-electron chi connectivity index (χ2n) is 3.97. The molecule has 0 spiro atoms. The number of methoxy groups -OCH3 is 1. The van der Waals surface area contributed by atoms with Crippen LogP contribution in [0.5, 0.6) is 6.01 Å². The van der Waals surface area contributed by atoms with Crippen molar-refractivity contribution in [3.8, 4) is 6.01 Å². The quantitative estimate of drug-likeness (QED) is 0.577. The van der Waals surface area contributed by atoms with Crippen molar-refractivity contribution in [2.45, 2.75) is 25.9 Å². The van der Waals surface area contributed by atoms with E-state index in [9.17, 15) is 5.11 Å². The van der Waals surface area contributed by atoms with Crippen LogP contribution in [0.1, 0.15) is 19.8 Å². The highest BCUT2D eigenvalue weighted by atomic mass is 16.5. The average molecular weight is 271 g/mol. The van der Waals surface area contributed by atoms with E-state index in [-0.39, 0.29) is 12.0 Å². The largest absolute Gasteiger partial charge is 0.463 e. The molecule has 0 aliphatic carbocycles. The van der Waals surface area contributed by atoms with Gasteiger partial charge < -0.3 is 25.6 Å². The Bertz CT molecular complexity index is 377. The SMILES string of the molecule is CCCOc1nc(N)nc(NCCC(O)COC)n1. The van der Waals surface area contributed by atoms with Gasteiger partial charge in [-0.15, -0.1) is 0 Å². The summed E-state index contributed by atoms with van der Waals surface area (Å²) in [7, 11) is 1.54. The van der Waals surface area contributed by atoms with Crippen LogP contribution < -0.4 is 15.8 Å². The van der Waals surface area contributed by atoms with E-state index in [0.29, 0.717) is 32.1 Å². The number of nitrogens with two attached hydrogens (primary N) is 1. The molecular formula is C11H21N5O3. The lowest BCUT2D eigenvalue weighted by molar-refractivity contribution is 0.0615. The molecule has 0 radical (unpaired) electrons. The molecule has 0 saturated heterocycles. The molecule has 1 rings (SSSR count). The van der Waals surface area contributed by atoms with E-state index in [1.807, 2.05) is 6.92 Å². The van der Waals surface area contributed by atoms with Gasteiger partial charge in [0.2, 0.25) is 11.9 Å². The number of hydrogen-bond donors (Lipinski definition) is 3. The second kappa shape index (κ2) is 8.44. The Labute approximate surface area is 112 Å². The summed E-state index contributed by atoms with van der Waals surface area (Å²) in [6.45, 7) is 3.31. The Kier molecular flexibility index (Phi) is 6.83. The van der Waals surface area contributed by atoms with Crippen LogP contribution in [0.2, 0.25) is 0 Å². The fourth-order valence-electron chi connectivity index (χ4n) is 1.34. The fourth-order valence-corrected chi connectivity index (χ4v) is 1.34. The number of nitrogens with zero attached hydrogens (tertiary/aromatic N) is 3. The molecule has 0 aromatic carbocycles. The Balaban J connectivity index is 2.46. The van der Waals surface area contributed by atoms with Gasteiger partial charge in [-0.3, -0.25) is 0 Å². The highest BCUT2D eigenvalue weighted by Gasteiger charge is 2.07. The highest BCUT2D eigenvalue weighted by molar-refractivity contribution is 5.32. The van der Waals surface area contributed by atoms with Crippen molar-refractivity contribution in [2.75, 3.05) is 37.9 Å². The maximum absolute atomic E-state index is 9.48. The minimum absolute atomic E-state index is 0.0982. The van der Waals surface area contributed by atoms with E-state index in [2.05, 4.69) is 20.3 Å². The van der Waals surface area contributed by atoms with E-state index in [1.54, 1.807) is 7.11 Å². The lowest BCUT2D eigenvalue weighted by Gasteiger charge is -2.10. The van der Waals surface area contributed by atoms with E-state index in [4.69, 9.17) is 15.2 Å². The maximum atomic E-state index is 9.48. The van der Waals surface area contributed by atoms with E-state index in [0.717, 1.165) is 6.42 Å². The first-order chi connectivity index (χ1) is 9.15. The van der Waals surface area contributed by atoms with E-state index < -0.39 is 6.10 Å². The van der Waals surface area contributed by atoms with Gasteiger partial charge in [-0.2, -0.15) is 15.0 Å². The van der Waals surface area contributed by atoms with Gasteiger partial charge in [0, 0.05) is 13.7 Å². The molecule has 1 aromatic rings. The monoisotopic (exact) mass is 271 g/mol. The van der Waals surface area contributed by atoms with Gasteiger partial charge in [0.15, 0.2) is 0 Å². The number of anilines is 2. The van der Waals surface area contributed by atoms with Crippen LogP contribution in [0.15, 0.2) is 0 Å². The standard InChI is InChI=1S/C11H21N5O3/c1-3-6-19-11-15-9(12)14-10(16-11)13-5-4-8(17)7-18-2/h8,17H,3-7H2,1-2H3,(H3,12,13,14,15,16). The third kappa shape index (κ3) is 6.16. The summed E-state index contributed by atoms with van der Waals surface area (Å²) in [4.78, 5) is 11.9. The molecule has 1 atom stereocenters. The normalized spacial score (nSPS) is 12.2. The van der Waals surface area contributed by atoms with Gasteiger partial charge in [-0.05, 0) is 12.8 Å². The van der Waals surface area contributed by atoms with Gasteiger partial charge in [0.05, 0.1) is 19.3 Å². The zero-order valence-corrected chi connectivity index (χ0v) is 11.3. The molecule has 19 heavy (non-hydrogen) atoms. The van der Waals surface area contributed by atoms with Crippen LogP contribution in [0.4, 0.5) is 11.9 Å². The first kappa shape index (κ1) is 15.4. The molecule has 1 aromatic heterocycles. The minimum atomic E-state index is -0.521. The predicted octanol–water partition coefficient (Wildman–Crippen LogP) is 0.0519. The Morgan fingerprint density at radius 2 is 2.16 bits per heavy atom. The van der Waals surface area contributed by atoms with Crippen LogP contribution in [0.3, 0.4) is 0 Å². The number of hydrogen-bond acceptors (Lipinski definition) is 8. The van der Waals surface area contributed by atoms with Crippen molar-refractivity contribution in [1.82, 2.24) is 15.0 Å². The molecule has 0 amide bonds. The Morgan fingerprint density at radius 1 is 1.37 bits per heavy atom. The third-order valence-corrected chi connectivity index (χ3v) is 2.19. The van der Waals surface area contributed by atoms with E-state index in [1.165, 1.54) is 0 Å². The van der Waals surface area contributed by atoms with Gasteiger partial charge in [-0.25, -0.2) is 0 Å². The van der Waals surface area contributed by atoms with Crippen molar-refractivity contribution in [1.29, 1.82) is 0 Å². The fraction of sp³-hybridized carbons (Fsp3) is 0.727. The Morgan fingerprint density at radius 3 is 2.84 bits per heavy atom. The van der Waals surface area contributed by atoms with Crippen LogP contribution in [0.25, 0.3) is 0 Å².